The molecule has 1 aliphatic rings. The molecule has 0 bridgehead atoms. The van der Waals surface area contributed by atoms with Crippen LogP contribution in [0.3, 0.4) is 0 Å². The van der Waals surface area contributed by atoms with E-state index >= 15 is 0 Å². The standard InChI is InChI=1S/C22H25N3O3/c26-21(22(27)25-24-18-9-5-2-1-3-6-10-18)23-17-13-15-20(16-14-17)28-19-11-7-4-8-12-19/h4,7-8,11-16H,1-3,5-6,9-10H2,(H,23,26)(H,25,27). The number of nitrogens with zero attached hydrogens (tertiary/aromatic N) is 1. The number of ether oxygens (including phenoxy) is 1. The van der Waals surface area contributed by atoms with Crippen molar-refractivity contribution in [3.8, 4) is 11.5 Å². The van der Waals surface area contributed by atoms with Crippen molar-refractivity contribution in [2.75, 3.05) is 5.32 Å². The molecule has 0 atom stereocenters. The Morgan fingerprint density at radius 2 is 1.36 bits per heavy atom. The normalized spacial score (nSPS) is 14.4. The average molecular weight is 379 g/mol. The lowest BCUT2D eigenvalue weighted by molar-refractivity contribution is -0.136. The number of hydrazone groups is 1. The van der Waals surface area contributed by atoms with Crippen molar-refractivity contribution in [1.82, 2.24) is 5.43 Å². The Hall–Kier alpha value is -3.15. The molecule has 1 saturated carbocycles. The van der Waals surface area contributed by atoms with Crippen molar-refractivity contribution in [2.45, 2.75) is 44.9 Å². The second-order valence-corrected chi connectivity index (χ2v) is 6.78. The van der Waals surface area contributed by atoms with Crippen LogP contribution < -0.4 is 15.5 Å². The summed E-state index contributed by atoms with van der Waals surface area (Å²) >= 11 is 0. The topological polar surface area (TPSA) is 79.8 Å². The van der Waals surface area contributed by atoms with E-state index in [0.717, 1.165) is 37.1 Å². The molecule has 0 heterocycles. The van der Waals surface area contributed by atoms with Gasteiger partial charge in [-0.25, -0.2) is 5.43 Å². The molecular weight excluding hydrogens is 354 g/mol. The van der Waals surface area contributed by atoms with Gasteiger partial charge >= 0.3 is 11.8 Å². The minimum absolute atomic E-state index is 0.513. The lowest BCUT2D eigenvalue weighted by atomic mass is 9.99. The predicted molar refractivity (Wildman–Crippen MR) is 109 cm³/mol. The van der Waals surface area contributed by atoms with Gasteiger partial charge in [0.2, 0.25) is 0 Å². The van der Waals surface area contributed by atoms with E-state index in [-0.39, 0.29) is 0 Å². The van der Waals surface area contributed by atoms with E-state index in [4.69, 9.17) is 4.74 Å². The van der Waals surface area contributed by atoms with Crippen molar-refractivity contribution in [1.29, 1.82) is 0 Å². The summed E-state index contributed by atoms with van der Waals surface area (Å²) in [6.45, 7) is 0. The number of rotatable bonds is 4. The van der Waals surface area contributed by atoms with Crippen molar-refractivity contribution >= 4 is 23.2 Å². The third kappa shape index (κ3) is 6.23. The molecule has 6 nitrogen and oxygen atoms in total. The van der Waals surface area contributed by atoms with Crippen molar-refractivity contribution in [2.24, 2.45) is 5.10 Å². The van der Waals surface area contributed by atoms with Crippen LogP contribution in [0.5, 0.6) is 11.5 Å². The third-order valence-electron chi connectivity index (χ3n) is 4.54. The van der Waals surface area contributed by atoms with Gasteiger partial charge in [-0.3, -0.25) is 9.59 Å². The van der Waals surface area contributed by atoms with Gasteiger partial charge in [0.1, 0.15) is 11.5 Å². The molecular formula is C22H25N3O3. The molecule has 1 aliphatic carbocycles. The number of benzene rings is 2. The van der Waals surface area contributed by atoms with Crippen LogP contribution in [0.2, 0.25) is 0 Å². The van der Waals surface area contributed by atoms with Gasteiger partial charge in [0, 0.05) is 11.4 Å². The molecule has 2 N–H and O–H groups in total. The number of hydrogen-bond donors (Lipinski definition) is 2. The molecule has 0 spiro atoms. The van der Waals surface area contributed by atoms with Crippen molar-refractivity contribution in [3.63, 3.8) is 0 Å². The summed E-state index contributed by atoms with van der Waals surface area (Å²) in [5.74, 6) is -0.137. The molecule has 28 heavy (non-hydrogen) atoms. The number of hydrogen-bond acceptors (Lipinski definition) is 4. The molecule has 0 aliphatic heterocycles. The summed E-state index contributed by atoms with van der Waals surface area (Å²) in [7, 11) is 0. The maximum atomic E-state index is 12.1. The summed E-state index contributed by atoms with van der Waals surface area (Å²) in [4.78, 5) is 24.1. The molecule has 146 valence electrons. The molecule has 0 saturated heterocycles. The minimum Gasteiger partial charge on any atom is -0.457 e. The van der Waals surface area contributed by atoms with Crippen LogP contribution in [0.25, 0.3) is 0 Å². The number of amides is 2. The summed E-state index contributed by atoms with van der Waals surface area (Å²) in [6.07, 6.45) is 7.57. The van der Waals surface area contributed by atoms with E-state index in [1.54, 1.807) is 24.3 Å². The van der Waals surface area contributed by atoms with E-state index in [1.807, 2.05) is 30.3 Å². The molecule has 2 aromatic rings. The Bertz CT molecular complexity index is 807. The van der Waals surface area contributed by atoms with E-state index in [9.17, 15) is 9.59 Å². The Labute approximate surface area is 165 Å². The zero-order valence-corrected chi connectivity index (χ0v) is 15.8. The van der Waals surface area contributed by atoms with E-state index < -0.39 is 11.8 Å². The fourth-order valence-corrected chi connectivity index (χ4v) is 3.02. The van der Waals surface area contributed by atoms with Crippen LogP contribution in [0.15, 0.2) is 59.7 Å². The number of anilines is 1. The lowest BCUT2D eigenvalue weighted by Crippen LogP contribution is -2.33. The van der Waals surface area contributed by atoms with Crippen LogP contribution in [0.4, 0.5) is 5.69 Å². The summed E-state index contributed by atoms with van der Waals surface area (Å²) in [5, 5.41) is 6.71. The first-order valence-corrected chi connectivity index (χ1v) is 9.70. The summed E-state index contributed by atoms with van der Waals surface area (Å²) < 4.78 is 5.70. The first kappa shape index (κ1) is 19.6. The molecule has 6 heteroatoms. The highest BCUT2D eigenvalue weighted by Crippen LogP contribution is 2.22. The van der Waals surface area contributed by atoms with Crippen LogP contribution in [0.1, 0.15) is 44.9 Å². The third-order valence-corrected chi connectivity index (χ3v) is 4.54. The number of nitrogens with one attached hydrogen (secondary N) is 2. The Balaban J connectivity index is 1.50. The highest BCUT2D eigenvalue weighted by molar-refractivity contribution is 6.39. The molecule has 2 aromatic carbocycles. The molecule has 1 fully saturated rings. The van der Waals surface area contributed by atoms with E-state index in [0.29, 0.717) is 11.4 Å². The van der Waals surface area contributed by atoms with Gasteiger partial charge < -0.3 is 10.1 Å². The second-order valence-electron chi connectivity index (χ2n) is 6.78. The van der Waals surface area contributed by atoms with Crippen LogP contribution >= 0.6 is 0 Å². The molecule has 2 amide bonds. The Kier molecular flexibility index (Phi) is 7.18. The highest BCUT2D eigenvalue weighted by Gasteiger charge is 2.14. The molecule has 0 unspecified atom stereocenters. The zero-order chi connectivity index (χ0) is 19.6. The zero-order valence-electron chi connectivity index (χ0n) is 15.8. The predicted octanol–water partition coefficient (Wildman–Crippen LogP) is 4.63. The smallest absolute Gasteiger partial charge is 0.329 e. The van der Waals surface area contributed by atoms with Gasteiger partial charge in [-0.05, 0) is 62.1 Å². The maximum Gasteiger partial charge on any atom is 0.329 e. The molecule has 0 aromatic heterocycles. The van der Waals surface area contributed by atoms with Crippen LogP contribution in [-0.2, 0) is 9.59 Å². The van der Waals surface area contributed by atoms with Gasteiger partial charge in [0.05, 0.1) is 0 Å². The van der Waals surface area contributed by atoms with E-state index in [1.165, 1.54) is 19.3 Å². The van der Waals surface area contributed by atoms with Crippen molar-refractivity contribution < 1.29 is 14.3 Å². The Morgan fingerprint density at radius 1 is 0.750 bits per heavy atom. The average Bonchev–Trinajstić information content (AvgIpc) is 2.69. The first-order chi connectivity index (χ1) is 13.7. The van der Waals surface area contributed by atoms with Crippen molar-refractivity contribution in [3.05, 3.63) is 54.6 Å². The van der Waals surface area contributed by atoms with E-state index in [2.05, 4.69) is 15.8 Å². The number of carbonyl (C=O) groups excluding carboxylic acids is 2. The number of para-hydroxylation sites is 1. The maximum absolute atomic E-state index is 12.1. The second kappa shape index (κ2) is 10.3. The van der Waals surface area contributed by atoms with Crippen LogP contribution in [-0.4, -0.2) is 17.5 Å². The lowest BCUT2D eigenvalue weighted by Gasteiger charge is -2.11. The van der Waals surface area contributed by atoms with Gasteiger partial charge in [0.15, 0.2) is 0 Å². The molecule has 0 radical (unpaired) electrons. The number of carbonyl (C=O) groups is 2. The minimum atomic E-state index is -0.765. The van der Waals surface area contributed by atoms with Gasteiger partial charge in [-0.1, -0.05) is 37.5 Å². The molecule has 3 rings (SSSR count). The summed E-state index contributed by atoms with van der Waals surface area (Å²) in [6, 6.07) is 16.2. The summed E-state index contributed by atoms with van der Waals surface area (Å²) in [5.41, 5.74) is 3.85. The highest BCUT2D eigenvalue weighted by atomic mass is 16.5. The van der Waals surface area contributed by atoms with Gasteiger partial charge in [-0.2, -0.15) is 5.10 Å². The first-order valence-electron chi connectivity index (χ1n) is 9.70. The fourth-order valence-electron chi connectivity index (χ4n) is 3.02. The van der Waals surface area contributed by atoms with Gasteiger partial charge in [0.25, 0.3) is 0 Å². The Morgan fingerprint density at radius 3 is 2.04 bits per heavy atom. The van der Waals surface area contributed by atoms with Gasteiger partial charge in [-0.15, -0.1) is 0 Å². The monoisotopic (exact) mass is 379 g/mol. The fraction of sp³-hybridized carbons (Fsp3) is 0.318. The van der Waals surface area contributed by atoms with Crippen LogP contribution in [0, 0.1) is 0 Å². The quantitative estimate of drug-likeness (QED) is 0.600. The SMILES string of the molecule is O=C(NN=C1CCCCCCC1)C(=O)Nc1ccc(Oc2ccccc2)cc1. The largest absolute Gasteiger partial charge is 0.457 e.